The van der Waals surface area contributed by atoms with Crippen molar-refractivity contribution in [2.24, 2.45) is 0 Å². The second-order valence-electron chi connectivity index (χ2n) is 4.98. The predicted octanol–water partition coefficient (Wildman–Crippen LogP) is 4.54. The van der Waals surface area contributed by atoms with Gasteiger partial charge >= 0.3 is 0 Å². The molecule has 0 amide bonds. The maximum absolute atomic E-state index is 9.95. The summed E-state index contributed by atoms with van der Waals surface area (Å²) in [6.07, 6.45) is 0.541. The van der Waals surface area contributed by atoms with Gasteiger partial charge in [-0.25, -0.2) is 0 Å². The molecule has 19 heavy (non-hydrogen) atoms. The van der Waals surface area contributed by atoms with Crippen molar-refractivity contribution in [3.8, 4) is 11.1 Å². The van der Waals surface area contributed by atoms with Crippen molar-refractivity contribution in [3.63, 3.8) is 0 Å². The summed E-state index contributed by atoms with van der Waals surface area (Å²) in [5.41, 5.74) is 2.27. The van der Waals surface area contributed by atoms with E-state index in [1.165, 1.54) is 0 Å². The highest BCUT2D eigenvalue weighted by molar-refractivity contribution is 6.33. The van der Waals surface area contributed by atoms with E-state index in [1.807, 2.05) is 48.5 Å². The summed E-state index contributed by atoms with van der Waals surface area (Å²) >= 11 is 11.9. The minimum Gasteiger partial charge on any atom is -0.389 e. The van der Waals surface area contributed by atoms with Crippen LogP contribution in [0.1, 0.15) is 12.5 Å². The molecular formula is C16H16Cl2O. The summed E-state index contributed by atoms with van der Waals surface area (Å²) in [7, 11) is 0. The zero-order valence-electron chi connectivity index (χ0n) is 10.7. The topological polar surface area (TPSA) is 20.2 Å². The van der Waals surface area contributed by atoms with Crippen molar-refractivity contribution >= 4 is 23.2 Å². The van der Waals surface area contributed by atoms with Gasteiger partial charge in [-0.2, -0.15) is 0 Å². The lowest BCUT2D eigenvalue weighted by atomic mass is 9.96. The Bertz CT molecular complexity index is 547. The van der Waals surface area contributed by atoms with E-state index >= 15 is 0 Å². The van der Waals surface area contributed by atoms with Crippen molar-refractivity contribution in [2.45, 2.75) is 18.9 Å². The van der Waals surface area contributed by atoms with E-state index in [0.29, 0.717) is 6.42 Å². The number of hydrogen-bond donors (Lipinski definition) is 1. The molecule has 0 aromatic heterocycles. The molecule has 0 aliphatic carbocycles. The number of alkyl halides is 1. The maximum atomic E-state index is 9.95. The minimum atomic E-state index is -0.868. The smallest absolute Gasteiger partial charge is 0.0794 e. The summed E-state index contributed by atoms with van der Waals surface area (Å²) in [5, 5.41) is 10.7. The van der Waals surface area contributed by atoms with Gasteiger partial charge in [0.05, 0.1) is 11.5 Å². The zero-order valence-corrected chi connectivity index (χ0v) is 12.2. The molecule has 0 spiro atoms. The van der Waals surface area contributed by atoms with Gasteiger partial charge in [0.25, 0.3) is 0 Å². The van der Waals surface area contributed by atoms with E-state index in [9.17, 15) is 5.11 Å². The average molecular weight is 295 g/mol. The van der Waals surface area contributed by atoms with Gasteiger partial charge in [-0.15, -0.1) is 11.6 Å². The summed E-state index contributed by atoms with van der Waals surface area (Å²) in [6, 6.07) is 15.8. The molecule has 1 nitrogen and oxygen atoms in total. The summed E-state index contributed by atoms with van der Waals surface area (Å²) < 4.78 is 0. The Hall–Kier alpha value is -1.02. The summed E-state index contributed by atoms with van der Waals surface area (Å²) in [6.45, 7) is 1.74. The third-order valence-electron chi connectivity index (χ3n) is 3.01. The molecule has 0 aliphatic heterocycles. The van der Waals surface area contributed by atoms with Crippen molar-refractivity contribution < 1.29 is 5.11 Å². The second-order valence-corrected chi connectivity index (χ2v) is 5.66. The first kappa shape index (κ1) is 14.4. The number of aliphatic hydroxyl groups is 1. The van der Waals surface area contributed by atoms with Gasteiger partial charge in [-0.3, -0.25) is 0 Å². The van der Waals surface area contributed by atoms with Crippen molar-refractivity contribution in [1.29, 1.82) is 0 Å². The molecule has 1 unspecified atom stereocenters. The molecule has 2 aromatic rings. The van der Waals surface area contributed by atoms with Crippen LogP contribution in [0, 0.1) is 0 Å². The minimum absolute atomic E-state index is 0.221. The Morgan fingerprint density at radius 2 is 1.68 bits per heavy atom. The summed E-state index contributed by atoms with van der Waals surface area (Å²) in [5.74, 6) is 0.221. The molecule has 2 rings (SSSR count). The Balaban J connectivity index is 2.22. The van der Waals surface area contributed by atoms with Crippen LogP contribution in [-0.4, -0.2) is 16.6 Å². The fraction of sp³-hybridized carbons (Fsp3) is 0.250. The highest BCUT2D eigenvalue weighted by Gasteiger charge is 2.19. The fourth-order valence-corrected chi connectivity index (χ4v) is 2.32. The highest BCUT2D eigenvalue weighted by Crippen LogP contribution is 2.28. The molecule has 2 aromatic carbocycles. The van der Waals surface area contributed by atoms with Gasteiger partial charge in [0.2, 0.25) is 0 Å². The number of rotatable bonds is 4. The van der Waals surface area contributed by atoms with Crippen LogP contribution in [0.3, 0.4) is 0 Å². The van der Waals surface area contributed by atoms with E-state index in [1.54, 1.807) is 6.92 Å². The van der Waals surface area contributed by atoms with Crippen molar-refractivity contribution in [3.05, 3.63) is 59.1 Å². The van der Waals surface area contributed by atoms with E-state index < -0.39 is 5.60 Å². The van der Waals surface area contributed by atoms with E-state index in [2.05, 4.69) is 0 Å². The van der Waals surface area contributed by atoms with Gasteiger partial charge in [0, 0.05) is 17.0 Å². The molecule has 1 N–H and O–H groups in total. The largest absolute Gasteiger partial charge is 0.389 e. The molecule has 0 heterocycles. The van der Waals surface area contributed by atoms with Crippen LogP contribution in [0.5, 0.6) is 0 Å². The third kappa shape index (κ3) is 3.73. The van der Waals surface area contributed by atoms with Gasteiger partial charge in [-0.1, -0.05) is 54.1 Å². The van der Waals surface area contributed by atoms with Crippen molar-refractivity contribution in [1.82, 2.24) is 0 Å². The molecule has 0 saturated carbocycles. The first-order valence-corrected chi connectivity index (χ1v) is 7.05. The molecule has 0 aliphatic rings. The number of hydrogen-bond acceptors (Lipinski definition) is 1. The van der Waals surface area contributed by atoms with Gasteiger partial charge in [0.15, 0.2) is 0 Å². The Labute approximate surface area is 123 Å². The second kappa shape index (κ2) is 5.96. The quantitative estimate of drug-likeness (QED) is 0.821. The van der Waals surface area contributed by atoms with Crippen LogP contribution in [0.4, 0.5) is 0 Å². The Morgan fingerprint density at radius 1 is 1.05 bits per heavy atom. The van der Waals surface area contributed by atoms with Crippen molar-refractivity contribution in [2.75, 3.05) is 5.88 Å². The Morgan fingerprint density at radius 3 is 2.26 bits per heavy atom. The van der Waals surface area contributed by atoms with Crippen LogP contribution in [0.2, 0.25) is 5.02 Å². The predicted molar refractivity (Wildman–Crippen MR) is 81.9 cm³/mol. The number of benzene rings is 2. The Kier molecular flexibility index (Phi) is 4.51. The van der Waals surface area contributed by atoms with Crippen LogP contribution in [0.15, 0.2) is 48.5 Å². The van der Waals surface area contributed by atoms with E-state index in [4.69, 9.17) is 23.2 Å². The fourth-order valence-electron chi connectivity index (χ4n) is 1.98. The molecule has 0 fully saturated rings. The zero-order chi connectivity index (χ0) is 13.9. The van der Waals surface area contributed by atoms with Crippen LogP contribution < -0.4 is 0 Å². The first-order chi connectivity index (χ1) is 9.02. The highest BCUT2D eigenvalue weighted by atomic mass is 35.5. The summed E-state index contributed by atoms with van der Waals surface area (Å²) in [4.78, 5) is 0. The average Bonchev–Trinajstić information content (AvgIpc) is 2.40. The lowest BCUT2D eigenvalue weighted by Gasteiger charge is -2.20. The molecular weight excluding hydrogens is 279 g/mol. The van der Waals surface area contributed by atoms with Gasteiger partial charge < -0.3 is 5.11 Å². The molecule has 100 valence electrons. The monoisotopic (exact) mass is 294 g/mol. The molecule has 1 atom stereocenters. The third-order valence-corrected chi connectivity index (χ3v) is 3.92. The normalized spacial score (nSPS) is 14.1. The van der Waals surface area contributed by atoms with E-state index in [-0.39, 0.29) is 5.88 Å². The lowest BCUT2D eigenvalue weighted by Crippen LogP contribution is -2.29. The molecule has 3 heteroatoms. The van der Waals surface area contributed by atoms with Gasteiger partial charge in [0.1, 0.15) is 0 Å². The van der Waals surface area contributed by atoms with E-state index in [0.717, 1.165) is 21.7 Å². The molecule has 0 saturated heterocycles. The van der Waals surface area contributed by atoms with Crippen LogP contribution in [0.25, 0.3) is 11.1 Å². The standard InChI is InChI=1S/C16H16Cl2O/c1-16(19,11-17)10-12-6-8-13(9-7-12)14-4-2-3-5-15(14)18/h2-9,19H,10-11H2,1H3. The molecule has 0 radical (unpaired) electrons. The molecule has 0 bridgehead atoms. The maximum Gasteiger partial charge on any atom is 0.0794 e. The first-order valence-electron chi connectivity index (χ1n) is 6.14. The van der Waals surface area contributed by atoms with Crippen LogP contribution >= 0.6 is 23.2 Å². The number of halogens is 2. The SMILES string of the molecule is CC(O)(CCl)Cc1ccc(-c2ccccc2Cl)cc1. The van der Waals surface area contributed by atoms with Gasteiger partial charge in [-0.05, 0) is 24.1 Å². The van der Waals surface area contributed by atoms with Crippen LogP contribution in [-0.2, 0) is 6.42 Å². The lowest BCUT2D eigenvalue weighted by molar-refractivity contribution is 0.0846.